The maximum atomic E-state index is 12.8. The maximum Gasteiger partial charge on any atom is 0.335 e. The van der Waals surface area contributed by atoms with Gasteiger partial charge < -0.3 is 14.1 Å². The van der Waals surface area contributed by atoms with Crippen LogP contribution in [0.3, 0.4) is 0 Å². The molecule has 5 nitrogen and oxygen atoms in total. The van der Waals surface area contributed by atoms with E-state index in [0.717, 1.165) is 25.3 Å². The van der Waals surface area contributed by atoms with Gasteiger partial charge in [-0.1, -0.05) is 32.8 Å². The highest BCUT2D eigenvalue weighted by Crippen LogP contribution is 2.52. The van der Waals surface area contributed by atoms with Crippen molar-refractivity contribution in [1.82, 2.24) is 0 Å². The summed E-state index contributed by atoms with van der Waals surface area (Å²) in [6, 6.07) is 0. The Bertz CT molecular complexity index is 363. The number of rotatable bonds is 10. The molecule has 0 aromatic carbocycles. The minimum atomic E-state index is -3.40. The Balaban J connectivity index is 4.80. The summed E-state index contributed by atoms with van der Waals surface area (Å²) < 4.78 is 18.2. The quantitative estimate of drug-likeness (QED) is 0.292. The number of unbranched alkanes of at least 4 members (excludes halogenated alkanes) is 3. The number of hydrogen-bond acceptors (Lipinski definition) is 4. The third kappa shape index (κ3) is 7.83. The van der Waals surface area contributed by atoms with E-state index in [0.29, 0.717) is 10.9 Å². The molecule has 0 saturated carbocycles. The molecule has 0 aromatic heterocycles. The van der Waals surface area contributed by atoms with Gasteiger partial charge in [0.2, 0.25) is 0 Å². The van der Waals surface area contributed by atoms with Gasteiger partial charge in [-0.3, -0.25) is 4.57 Å². The summed E-state index contributed by atoms with van der Waals surface area (Å²) in [4.78, 5) is 11.4. The highest BCUT2D eigenvalue weighted by Gasteiger charge is 2.38. The number of nitrogens with zero attached hydrogens (tertiary/aromatic N) is 1. The molecule has 0 bridgehead atoms. The molecule has 0 heterocycles. The predicted octanol–water partition coefficient (Wildman–Crippen LogP) is 2.60. The van der Waals surface area contributed by atoms with Crippen LogP contribution in [0.5, 0.6) is 0 Å². The first-order chi connectivity index (χ1) is 9.14. The summed E-state index contributed by atoms with van der Waals surface area (Å²) in [5.74, 6) is -1.86. The van der Waals surface area contributed by atoms with Gasteiger partial charge in [0.15, 0.2) is 5.85 Å². The fraction of sp³-hybridized carbons (Fsp3) is 0.786. The molecule has 118 valence electrons. The van der Waals surface area contributed by atoms with Gasteiger partial charge >= 0.3 is 5.97 Å². The fourth-order valence-electron chi connectivity index (χ4n) is 1.82. The summed E-state index contributed by atoms with van der Waals surface area (Å²) in [5, 5.41) is 10.2. The Morgan fingerprint density at radius 1 is 1.35 bits per heavy atom. The lowest BCUT2D eigenvalue weighted by Gasteiger charge is -2.30. The SMILES string of the molecule is C=CC(=O)OP(=O)(CCCCCC)C(O)C[N+](C)(C)C. The topological polar surface area (TPSA) is 63.6 Å². The number of hydrogen-bond donors (Lipinski definition) is 1. The summed E-state index contributed by atoms with van der Waals surface area (Å²) in [6.07, 6.45) is 4.93. The third-order valence-electron chi connectivity index (χ3n) is 2.90. The van der Waals surface area contributed by atoms with Crippen LogP contribution in [0.2, 0.25) is 0 Å². The molecular formula is C14H29NO4P+. The third-order valence-corrected chi connectivity index (χ3v) is 5.40. The average molecular weight is 306 g/mol. The summed E-state index contributed by atoms with van der Waals surface area (Å²) in [7, 11) is 2.27. The van der Waals surface area contributed by atoms with E-state index in [1.54, 1.807) is 0 Å². The van der Waals surface area contributed by atoms with Crippen molar-refractivity contribution in [2.24, 2.45) is 0 Å². The molecule has 1 N–H and O–H groups in total. The number of carbonyl (C=O) groups is 1. The van der Waals surface area contributed by atoms with Crippen LogP contribution >= 0.6 is 7.37 Å². The maximum absolute atomic E-state index is 12.8. The lowest BCUT2D eigenvalue weighted by molar-refractivity contribution is -0.872. The second kappa shape index (κ2) is 8.60. The van der Waals surface area contributed by atoms with Gasteiger partial charge in [0, 0.05) is 12.2 Å². The predicted molar refractivity (Wildman–Crippen MR) is 81.8 cm³/mol. The van der Waals surface area contributed by atoms with Crippen molar-refractivity contribution in [2.75, 3.05) is 33.8 Å². The van der Waals surface area contributed by atoms with Crippen molar-refractivity contribution in [1.29, 1.82) is 0 Å². The molecule has 0 saturated heterocycles. The molecule has 0 spiro atoms. The normalized spacial score (nSPS) is 16.2. The minimum Gasteiger partial charge on any atom is -0.406 e. The molecular weight excluding hydrogens is 277 g/mol. The van der Waals surface area contributed by atoms with Gasteiger partial charge in [0.1, 0.15) is 6.54 Å². The van der Waals surface area contributed by atoms with Crippen molar-refractivity contribution in [3.63, 3.8) is 0 Å². The van der Waals surface area contributed by atoms with E-state index >= 15 is 0 Å². The van der Waals surface area contributed by atoms with Gasteiger partial charge in [0.25, 0.3) is 7.37 Å². The Kier molecular flexibility index (Phi) is 8.33. The average Bonchev–Trinajstić information content (AvgIpc) is 2.32. The molecule has 0 aliphatic carbocycles. The second-order valence-corrected chi connectivity index (χ2v) is 8.76. The van der Waals surface area contributed by atoms with Crippen LogP contribution in [0.4, 0.5) is 0 Å². The van der Waals surface area contributed by atoms with Gasteiger partial charge in [-0.2, -0.15) is 0 Å². The molecule has 0 fully saturated rings. The summed E-state index contributed by atoms with van der Waals surface area (Å²) >= 11 is 0. The highest BCUT2D eigenvalue weighted by atomic mass is 31.2. The number of aliphatic hydroxyl groups excluding tert-OH is 1. The fourth-order valence-corrected chi connectivity index (χ4v) is 4.11. The smallest absolute Gasteiger partial charge is 0.335 e. The molecule has 20 heavy (non-hydrogen) atoms. The van der Waals surface area contributed by atoms with E-state index in [9.17, 15) is 14.5 Å². The lowest BCUT2D eigenvalue weighted by atomic mass is 10.2. The molecule has 0 aliphatic heterocycles. The van der Waals surface area contributed by atoms with Gasteiger partial charge in [-0.05, 0) is 6.42 Å². The van der Waals surface area contributed by atoms with Gasteiger partial charge in [-0.25, -0.2) is 4.79 Å². The van der Waals surface area contributed by atoms with E-state index in [1.807, 2.05) is 21.1 Å². The highest BCUT2D eigenvalue weighted by molar-refractivity contribution is 7.60. The zero-order valence-corrected chi connectivity index (χ0v) is 14.1. The molecule has 0 aromatic rings. The zero-order valence-electron chi connectivity index (χ0n) is 13.2. The Morgan fingerprint density at radius 3 is 2.40 bits per heavy atom. The first kappa shape index (κ1) is 19.4. The Morgan fingerprint density at radius 2 is 1.95 bits per heavy atom. The van der Waals surface area contributed by atoms with Crippen LogP contribution in [0.15, 0.2) is 12.7 Å². The van der Waals surface area contributed by atoms with E-state index in [-0.39, 0.29) is 12.7 Å². The summed E-state index contributed by atoms with van der Waals surface area (Å²) in [6.45, 7) is 5.67. The lowest BCUT2D eigenvalue weighted by Crippen LogP contribution is -2.41. The van der Waals surface area contributed by atoms with Crippen LogP contribution in [-0.4, -0.2) is 55.3 Å². The first-order valence-electron chi connectivity index (χ1n) is 7.08. The largest absolute Gasteiger partial charge is 0.406 e. The number of aliphatic hydroxyl groups is 1. The van der Waals surface area contributed by atoms with Crippen LogP contribution in [0.1, 0.15) is 32.6 Å². The van der Waals surface area contributed by atoms with Crippen molar-refractivity contribution in [2.45, 2.75) is 38.5 Å². The van der Waals surface area contributed by atoms with Crippen molar-refractivity contribution >= 4 is 13.3 Å². The summed E-state index contributed by atoms with van der Waals surface area (Å²) in [5.41, 5.74) is 0. The van der Waals surface area contributed by atoms with E-state index in [4.69, 9.17) is 4.52 Å². The van der Waals surface area contributed by atoms with Crippen molar-refractivity contribution in [3.8, 4) is 0 Å². The second-order valence-electron chi connectivity index (χ2n) is 6.08. The Labute approximate surface area is 122 Å². The van der Waals surface area contributed by atoms with Gasteiger partial charge in [0.05, 0.1) is 21.1 Å². The zero-order chi connectivity index (χ0) is 15.8. The molecule has 2 unspecified atom stereocenters. The van der Waals surface area contributed by atoms with Crippen LogP contribution in [0, 0.1) is 0 Å². The van der Waals surface area contributed by atoms with Crippen LogP contribution in [0.25, 0.3) is 0 Å². The van der Waals surface area contributed by atoms with E-state index in [2.05, 4.69) is 13.5 Å². The number of carbonyl (C=O) groups excluding carboxylic acids is 1. The van der Waals surface area contributed by atoms with Crippen LogP contribution in [-0.2, 0) is 13.9 Å². The molecule has 0 rings (SSSR count). The van der Waals surface area contributed by atoms with E-state index < -0.39 is 19.2 Å². The van der Waals surface area contributed by atoms with Crippen LogP contribution < -0.4 is 0 Å². The molecule has 6 heteroatoms. The molecule has 2 atom stereocenters. The standard InChI is InChI=1S/C14H29NO4P/c1-6-8-9-10-11-20(18,19-13(16)7-2)14(17)12-15(3,4)5/h7,14,17H,2,6,8-12H2,1,3-5H3/q+1. The molecule has 0 amide bonds. The first-order valence-corrected chi connectivity index (χ1v) is 8.96. The van der Waals surface area contributed by atoms with E-state index in [1.165, 1.54) is 0 Å². The van der Waals surface area contributed by atoms with Gasteiger partial charge in [-0.15, -0.1) is 0 Å². The molecule has 0 aliphatic rings. The number of likely N-dealkylation sites (N-methyl/N-ethyl adjacent to an activating group) is 1. The number of quaternary nitrogens is 1. The molecule has 0 radical (unpaired) electrons. The monoisotopic (exact) mass is 306 g/mol. The Hall–Kier alpha value is -0.640. The van der Waals surface area contributed by atoms with Crippen molar-refractivity contribution in [3.05, 3.63) is 12.7 Å². The minimum absolute atomic E-state index is 0.230. The van der Waals surface area contributed by atoms with Crippen molar-refractivity contribution < 1.29 is 23.5 Å².